The van der Waals surface area contributed by atoms with Gasteiger partial charge in [0.1, 0.15) is 17.5 Å². The summed E-state index contributed by atoms with van der Waals surface area (Å²) in [5.41, 5.74) is 1.53. The standard InChI is InChI=1S/C17H19N3O3/c1-12(9-14(21)15-5-4-8-23-15)18-17(22)10-13-11-20-7-3-2-6-16(20)19-13/h2-8,11-12,14,21H,9-10H2,1H3,(H,18,22). The highest BCUT2D eigenvalue weighted by Gasteiger charge is 2.17. The molecule has 3 aromatic rings. The third kappa shape index (κ3) is 3.78. The summed E-state index contributed by atoms with van der Waals surface area (Å²) in [6.07, 6.45) is 5.14. The molecule has 2 unspecified atom stereocenters. The third-order valence-corrected chi connectivity index (χ3v) is 3.61. The molecule has 0 saturated carbocycles. The number of hydrogen-bond donors (Lipinski definition) is 2. The Bertz CT molecular complexity index is 746. The quantitative estimate of drug-likeness (QED) is 0.730. The Morgan fingerprint density at radius 2 is 2.26 bits per heavy atom. The minimum Gasteiger partial charge on any atom is -0.467 e. The van der Waals surface area contributed by atoms with E-state index in [1.807, 2.05) is 41.9 Å². The fraction of sp³-hybridized carbons (Fsp3) is 0.294. The number of amides is 1. The van der Waals surface area contributed by atoms with Crippen LogP contribution in [0.15, 0.2) is 53.4 Å². The summed E-state index contributed by atoms with van der Waals surface area (Å²) < 4.78 is 7.04. The second-order valence-corrected chi connectivity index (χ2v) is 5.61. The van der Waals surface area contributed by atoms with Crippen molar-refractivity contribution in [1.82, 2.24) is 14.7 Å². The number of aromatic nitrogens is 2. The lowest BCUT2D eigenvalue weighted by Gasteiger charge is -2.16. The van der Waals surface area contributed by atoms with Crippen LogP contribution < -0.4 is 5.32 Å². The van der Waals surface area contributed by atoms with Gasteiger partial charge in [-0.3, -0.25) is 4.79 Å². The molecule has 0 fully saturated rings. The van der Waals surface area contributed by atoms with Crippen molar-refractivity contribution in [1.29, 1.82) is 0 Å². The molecule has 0 aliphatic heterocycles. The Morgan fingerprint density at radius 3 is 3.00 bits per heavy atom. The Hall–Kier alpha value is -2.60. The Kier molecular flexibility index (Phi) is 4.43. The average Bonchev–Trinajstić information content (AvgIpc) is 3.15. The van der Waals surface area contributed by atoms with Crippen LogP contribution in [0.2, 0.25) is 0 Å². The zero-order chi connectivity index (χ0) is 16.2. The lowest BCUT2D eigenvalue weighted by atomic mass is 10.1. The van der Waals surface area contributed by atoms with E-state index in [1.54, 1.807) is 12.1 Å². The van der Waals surface area contributed by atoms with E-state index in [4.69, 9.17) is 4.42 Å². The molecule has 0 radical (unpaired) electrons. The second-order valence-electron chi connectivity index (χ2n) is 5.61. The predicted octanol–water partition coefficient (Wildman–Crippen LogP) is 2.10. The van der Waals surface area contributed by atoms with Gasteiger partial charge in [0.15, 0.2) is 0 Å². The number of aliphatic hydroxyl groups excluding tert-OH is 1. The maximum atomic E-state index is 12.1. The van der Waals surface area contributed by atoms with Crippen molar-refractivity contribution in [2.24, 2.45) is 0 Å². The summed E-state index contributed by atoms with van der Waals surface area (Å²) in [6, 6.07) is 8.99. The zero-order valence-corrected chi connectivity index (χ0v) is 12.8. The lowest BCUT2D eigenvalue weighted by molar-refractivity contribution is -0.121. The number of imidazole rings is 1. The van der Waals surface area contributed by atoms with Gasteiger partial charge in [0.05, 0.1) is 18.4 Å². The molecule has 3 rings (SSSR count). The van der Waals surface area contributed by atoms with E-state index in [0.717, 1.165) is 5.65 Å². The van der Waals surface area contributed by atoms with Crippen LogP contribution in [0.25, 0.3) is 5.65 Å². The highest BCUT2D eigenvalue weighted by Crippen LogP contribution is 2.18. The van der Waals surface area contributed by atoms with Crippen LogP contribution in [-0.4, -0.2) is 26.4 Å². The van der Waals surface area contributed by atoms with Crippen molar-refractivity contribution >= 4 is 11.6 Å². The Morgan fingerprint density at radius 1 is 1.39 bits per heavy atom. The first-order valence-corrected chi connectivity index (χ1v) is 7.55. The highest BCUT2D eigenvalue weighted by atomic mass is 16.4. The molecule has 0 aliphatic carbocycles. The van der Waals surface area contributed by atoms with Gasteiger partial charge in [-0.15, -0.1) is 0 Å². The molecule has 3 heterocycles. The number of carbonyl (C=O) groups excluding carboxylic acids is 1. The molecule has 0 aliphatic rings. The Balaban J connectivity index is 1.54. The number of carbonyl (C=O) groups is 1. The molecule has 1 amide bonds. The molecule has 0 aromatic carbocycles. The summed E-state index contributed by atoms with van der Waals surface area (Å²) in [5.74, 6) is 0.388. The molecular weight excluding hydrogens is 294 g/mol. The van der Waals surface area contributed by atoms with Gasteiger partial charge in [0, 0.05) is 24.9 Å². The van der Waals surface area contributed by atoms with E-state index in [-0.39, 0.29) is 18.4 Å². The summed E-state index contributed by atoms with van der Waals surface area (Å²) in [4.78, 5) is 16.5. The topological polar surface area (TPSA) is 79.8 Å². The smallest absolute Gasteiger partial charge is 0.226 e. The molecule has 120 valence electrons. The van der Waals surface area contributed by atoms with E-state index in [9.17, 15) is 9.90 Å². The minimum absolute atomic E-state index is 0.118. The molecule has 2 atom stereocenters. The van der Waals surface area contributed by atoms with Gasteiger partial charge in [-0.1, -0.05) is 6.07 Å². The van der Waals surface area contributed by atoms with Crippen molar-refractivity contribution in [2.45, 2.75) is 31.9 Å². The van der Waals surface area contributed by atoms with Crippen LogP contribution in [0.1, 0.15) is 30.9 Å². The summed E-state index contributed by atoms with van der Waals surface area (Å²) in [6.45, 7) is 1.85. The fourth-order valence-corrected chi connectivity index (χ4v) is 2.55. The van der Waals surface area contributed by atoms with E-state index in [2.05, 4.69) is 10.3 Å². The van der Waals surface area contributed by atoms with E-state index >= 15 is 0 Å². The van der Waals surface area contributed by atoms with Crippen molar-refractivity contribution in [3.05, 3.63) is 60.4 Å². The number of rotatable bonds is 6. The maximum absolute atomic E-state index is 12.1. The number of pyridine rings is 1. The first-order valence-electron chi connectivity index (χ1n) is 7.55. The van der Waals surface area contributed by atoms with Gasteiger partial charge in [-0.25, -0.2) is 4.98 Å². The van der Waals surface area contributed by atoms with Crippen LogP contribution in [0.5, 0.6) is 0 Å². The average molecular weight is 313 g/mol. The molecule has 3 aromatic heterocycles. The number of furan rings is 1. The van der Waals surface area contributed by atoms with Crippen molar-refractivity contribution in [3.63, 3.8) is 0 Å². The van der Waals surface area contributed by atoms with Crippen molar-refractivity contribution in [2.75, 3.05) is 0 Å². The Labute approximate surface area is 133 Å². The van der Waals surface area contributed by atoms with Gasteiger partial charge < -0.3 is 19.2 Å². The van der Waals surface area contributed by atoms with Crippen LogP contribution >= 0.6 is 0 Å². The second kappa shape index (κ2) is 6.66. The van der Waals surface area contributed by atoms with Crippen LogP contribution in [0, 0.1) is 0 Å². The third-order valence-electron chi connectivity index (χ3n) is 3.61. The normalized spacial score (nSPS) is 13.8. The maximum Gasteiger partial charge on any atom is 0.226 e. The summed E-state index contributed by atoms with van der Waals surface area (Å²) >= 11 is 0. The molecule has 6 heteroatoms. The van der Waals surface area contributed by atoms with Gasteiger partial charge in [0.25, 0.3) is 0 Å². The van der Waals surface area contributed by atoms with Crippen LogP contribution in [0.4, 0.5) is 0 Å². The number of hydrogen-bond acceptors (Lipinski definition) is 4. The molecule has 2 N–H and O–H groups in total. The van der Waals surface area contributed by atoms with Crippen LogP contribution in [0.3, 0.4) is 0 Å². The summed E-state index contributed by atoms with van der Waals surface area (Å²) in [5, 5.41) is 12.9. The molecule has 0 bridgehead atoms. The summed E-state index contributed by atoms with van der Waals surface area (Å²) in [7, 11) is 0. The van der Waals surface area contributed by atoms with Gasteiger partial charge in [-0.2, -0.15) is 0 Å². The predicted molar refractivity (Wildman–Crippen MR) is 84.8 cm³/mol. The monoisotopic (exact) mass is 313 g/mol. The first kappa shape index (κ1) is 15.3. The highest BCUT2D eigenvalue weighted by molar-refractivity contribution is 5.78. The van der Waals surface area contributed by atoms with E-state index < -0.39 is 6.10 Å². The molecule has 23 heavy (non-hydrogen) atoms. The van der Waals surface area contributed by atoms with Crippen molar-refractivity contribution < 1.29 is 14.3 Å². The first-order chi connectivity index (χ1) is 11.1. The largest absolute Gasteiger partial charge is 0.467 e. The molecule has 0 spiro atoms. The van der Waals surface area contributed by atoms with Gasteiger partial charge in [-0.05, 0) is 31.2 Å². The van der Waals surface area contributed by atoms with E-state index in [0.29, 0.717) is 17.9 Å². The molecule has 6 nitrogen and oxygen atoms in total. The molecular formula is C17H19N3O3. The van der Waals surface area contributed by atoms with E-state index in [1.165, 1.54) is 6.26 Å². The zero-order valence-electron chi connectivity index (χ0n) is 12.8. The van der Waals surface area contributed by atoms with Crippen molar-refractivity contribution in [3.8, 4) is 0 Å². The number of nitrogens with zero attached hydrogens (tertiary/aromatic N) is 2. The number of nitrogens with one attached hydrogen (secondary N) is 1. The fourth-order valence-electron chi connectivity index (χ4n) is 2.55. The van der Waals surface area contributed by atoms with Gasteiger partial charge >= 0.3 is 0 Å². The SMILES string of the molecule is CC(CC(O)c1ccco1)NC(=O)Cc1cn2ccccc2n1. The lowest BCUT2D eigenvalue weighted by Crippen LogP contribution is -2.34. The number of fused-ring (bicyclic) bond motifs is 1. The number of aliphatic hydroxyl groups is 1. The molecule has 0 saturated heterocycles. The van der Waals surface area contributed by atoms with Crippen LogP contribution in [-0.2, 0) is 11.2 Å². The van der Waals surface area contributed by atoms with Gasteiger partial charge in [0.2, 0.25) is 5.91 Å². The minimum atomic E-state index is -0.726.